The molecule has 0 fully saturated rings. The smallest absolute Gasteiger partial charge is 0.406 e. The maximum atomic E-state index is 13.3. The Labute approximate surface area is 174 Å². The Balaban J connectivity index is 1.69. The van der Waals surface area contributed by atoms with Gasteiger partial charge in [-0.1, -0.05) is 0 Å². The number of amides is 1. The molecule has 0 atom stereocenters. The summed E-state index contributed by atoms with van der Waals surface area (Å²) in [4.78, 5) is 29.7. The molecule has 0 saturated heterocycles. The van der Waals surface area contributed by atoms with Crippen molar-refractivity contribution in [3.63, 3.8) is 0 Å². The Morgan fingerprint density at radius 1 is 1.19 bits per heavy atom. The largest absolute Gasteiger partial charge is 0.573 e. The fraction of sp³-hybridized carbons (Fsp3) is 0.316. The summed E-state index contributed by atoms with van der Waals surface area (Å²) < 4.78 is 42.6. The molecule has 3 heterocycles. The van der Waals surface area contributed by atoms with E-state index in [9.17, 15) is 22.8 Å². The summed E-state index contributed by atoms with van der Waals surface area (Å²) in [6.07, 6.45) is -1.45. The quantitative estimate of drug-likeness (QED) is 0.752. The lowest BCUT2D eigenvalue weighted by atomic mass is 9.98. The van der Waals surface area contributed by atoms with Crippen molar-refractivity contribution in [2.24, 2.45) is 7.05 Å². The molecule has 12 heteroatoms. The highest BCUT2D eigenvalue weighted by atomic mass is 19.4. The van der Waals surface area contributed by atoms with Crippen LogP contribution in [0.25, 0.3) is 0 Å². The van der Waals surface area contributed by atoms with Crippen LogP contribution in [0, 0.1) is 0 Å². The number of aryl methyl sites for hydroxylation is 1. The molecule has 1 aromatic carbocycles. The van der Waals surface area contributed by atoms with Crippen LogP contribution in [0.2, 0.25) is 0 Å². The Morgan fingerprint density at radius 3 is 2.65 bits per heavy atom. The predicted molar refractivity (Wildman–Crippen MR) is 105 cm³/mol. The molecule has 164 valence electrons. The number of rotatable bonds is 4. The van der Waals surface area contributed by atoms with Crippen molar-refractivity contribution in [2.45, 2.75) is 12.8 Å². The number of alkyl halides is 3. The van der Waals surface area contributed by atoms with E-state index >= 15 is 0 Å². The van der Waals surface area contributed by atoms with Crippen LogP contribution < -0.4 is 26.0 Å². The molecule has 31 heavy (non-hydrogen) atoms. The summed E-state index contributed by atoms with van der Waals surface area (Å²) in [6.45, 7) is 1.42. The topological polar surface area (TPSA) is 91.7 Å². The average molecular weight is 436 g/mol. The molecule has 2 aliphatic rings. The number of hydrogen-bond donors (Lipinski definition) is 2. The van der Waals surface area contributed by atoms with Crippen LogP contribution in [0.5, 0.6) is 5.75 Å². The Morgan fingerprint density at radius 2 is 1.94 bits per heavy atom. The van der Waals surface area contributed by atoms with Gasteiger partial charge in [-0.3, -0.25) is 15.0 Å². The van der Waals surface area contributed by atoms with E-state index in [1.165, 1.54) is 39.4 Å². The number of hydrogen-bond acceptors (Lipinski definition) is 7. The third-order valence-electron chi connectivity index (χ3n) is 4.92. The van der Waals surface area contributed by atoms with E-state index in [0.29, 0.717) is 30.8 Å². The first-order valence-corrected chi connectivity index (χ1v) is 9.39. The predicted octanol–water partition coefficient (Wildman–Crippen LogP) is 1.56. The molecule has 2 aromatic rings. The van der Waals surface area contributed by atoms with Gasteiger partial charge in [0.05, 0.1) is 24.8 Å². The number of benzene rings is 1. The van der Waals surface area contributed by atoms with Gasteiger partial charge in [0.1, 0.15) is 11.4 Å². The fourth-order valence-electron chi connectivity index (χ4n) is 3.48. The summed E-state index contributed by atoms with van der Waals surface area (Å²) in [6, 6.07) is 4.94. The number of halogens is 3. The van der Waals surface area contributed by atoms with Crippen LogP contribution in [0.4, 0.5) is 24.5 Å². The molecule has 0 spiro atoms. The van der Waals surface area contributed by atoms with Gasteiger partial charge < -0.3 is 14.6 Å². The molecule has 0 radical (unpaired) electrons. The van der Waals surface area contributed by atoms with Gasteiger partial charge in [0.25, 0.3) is 11.5 Å². The minimum Gasteiger partial charge on any atom is -0.406 e. The maximum absolute atomic E-state index is 13.3. The van der Waals surface area contributed by atoms with E-state index in [1.54, 1.807) is 7.05 Å². The molecular formula is C19H19F3N6O3. The third kappa shape index (κ3) is 4.39. The van der Waals surface area contributed by atoms with Crippen molar-refractivity contribution in [1.29, 1.82) is 0 Å². The third-order valence-corrected chi connectivity index (χ3v) is 4.92. The minimum absolute atomic E-state index is 0.151. The van der Waals surface area contributed by atoms with Crippen molar-refractivity contribution >= 4 is 17.3 Å². The highest BCUT2D eigenvalue weighted by Gasteiger charge is 2.36. The number of aromatic nitrogens is 2. The molecule has 4 rings (SSSR count). The normalized spacial score (nSPS) is 17.5. The number of hydrazine groups is 2. The van der Waals surface area contributed by atoms with Crippen LogP contribution in [0.1, 0.15) is 6.42 Å². The number of carbonyl (C=O) groups excluding carboxylic acids is 1. The number of nitrogens with zero attached hydrogens (tertiary/aromatic N) is 4. The summed E-state index contributed by atoms with van der Waals surface area (Å²) >= 11 is 0. The minimum atomic E-state index is -4.82. The summed E-state index contributed by atoms with van der Waals surface area (Å²) in [5.74, 6) is -0.744. The number of ether oxygens (including phenoxy) is 1. The van der Waals surface area contributed by atoms with Gasteiger partial charge in [0.15, 0.2) is 0 Å². The average Bonchev–Trinajstić information content (AvgIpc) is 2.71. The van der Waals surface area contributed by atoms with Crippen LogP contribution >= 0.6 is 0 Å². The van der Waals surface area contributed by atoms with Gasteiger partial charge >= 0.3 is 6.36 Å². The van der Waals surface area contributed by atoms with Gasteiger partial charge in [0, 0.05) is 19.2 Å². The zero-order valence-corrected chi connectivity index (χ0v) is 16.4. The fourth-order valence-corrected chi connectivity index (χ4v) is 3.48. The van der Waals surface area contributed by atoms with E-state index in [-0.39, 0.29) is 17.2 Å². The molecule has 2 N–H and O–H groups in total. The lowest BCUT2D eigenvalue weighted by Crippen LogP contribution is -2.57. The van der Waals surface area contributed by atoms with E-state index in [4.69, 9.17) is 0 Å². The van der Waals surface area contributed by atoms with Crippen molar-refractivity contribution < 1.29 is 22.7 Å². The highest BCUT2D eigenvalue weighted by Crippen LogP contribution is 2.30. The Kier molecular flexibility index (Phi) is 5.41. The van der Waals surface area contributed by atoms with Crippen LogP contribution in [-0.4, -0.2) is 46.6 Å². The van der Waals surface area contributed by atoms with Crippen LogP contribution in [0.3, 0.4) is 0 Å². The van der Waals surface area contributed by atoms with Gasteiger partial charge in [0.2, 0.25) is 0 Å². The molecule has 0 saturated carbocycles. The molecule has 9 nitrogen and oxygen atoms in total. The van der Waals surface area contributed by atoms with E-state index in [1.807, 2.05) is 0 Å². The Bertz CT molecular complexity index is 1080. The molecule has 1 amide bonds. The monoisotopic (exact) mass is 436 g/mol. The van der Waals surface area contributed by atoms with Gasteiger partial charge in [-0.05, 0) is 42.8 Å². The first kappa shape index (κ1) is 20.9. The first-order valence-electron chi connectivity index (χ1n) is 9.39. The van der Waals surface area contributed by atoms with Gasteiger partial charge in [-0.2, -0.15) is 0 Å². The number of nitrogens with one attached hydrogen (secondary N) is 2. The SMILES string of the molecule is Cn1cncc(NN2CC3=C(CNCC3)C(=O)N2c2ccc(OC(F)(F)F)cc2)c1=O. The second-order valence-electron chi connectivity index (χ2n) is 7.06. The lowest BCUT2D eigenvalue weighted by Gasteiger charge is -2.41. The first-order chi connectivity index (χ1) is 14.7. The van der Waals surface area contributed by atoms with Gasteiger partial charge in [-0.15, -0.1) is 18.3 Å². The molecular weight excluding hydrogens is 417 g/mol. The molecule has 0 unspecified atom stereocenters. The second kappa shape index (κ2) is 8.04. The zero-order chi connectivity index (χ0) is 22.2. The second-order valence-corrected chi connectivity index (χ2v) is 7.06. The number of anilines is 2. The van der Waals surface area contributed by atoms with E-state index in [0.717, 1.165) is 24.3 Å². The summed E-state index contributed by atoms with van der Waals surface area (Å²) in [5, 5.41) is 5.90. The molecule has 1 aromatic heterocycles. The highest BCUT2D eigenvalue weighted by molar-refractivity contribution is 6.07. The maximum Gasteiger partial charge on any atom is 0.573 e. The Hall–Kier alpha value is -3.38. The van der Waals surface area contributed by atoms with Crippen molar-refractivity contribution in [3.8, 4) is 5.75 Å². The lowest BCUT2D eigenvalue weighted by molar-refractivity contribution is -0.274. The zero-order valence-electron chi connectivity index (χ0n) is 16.4. The molecule has 2 aliphatic heterocycles. The summed E-state index contributed by atoms with van der Waals surface area (Å²) in [7, 11) is 1.55. The number of carbonyl (C=O) groups is 1. The van der Waals surface area contributed by atoms with Crippen molar-refractivity contribution in [3.05, 3.63) is 58.3 Å². The van der Waals surface area contributed by atoms with E-state index in [2.05, 4.69) is 20.5 Å². The van der Waals surface area contributed by atoms with E-state index < -0.39 is 12.1 Å². The summed E-state index contributed by atoms with van der Waals surface area (Å²) in [5.41, 5.74) is 4.56. The standard InChI is InChI=1S/C19H19F3N6O3/c1-26-11-24-9-16(18(26)30)25-27-10-12-6-7-23-8-15(12)17(29)28(27)13-2-4-14(5-3-13)31-19(20,21)22/h2-5,9,11,23,25H,6-8,10H2,1H3. The molecule has 0 bridgehead atoms. The van der Waals surface area contributed by atoms with Crippen molar-refractivity contribution in [1.82, 2.24) is 20.0 Å². The molecule has 0 aliphatic carbocycles. The van der Waals surface area contributed by atoms with Crippen molar-refractivity contribution in [2.75, 3.05) is 30.1 Å². The van der Waals surface area contributed by atoms with Gasteiger partial charge in [-0.25, -0.2) is 9.99 Å². The van der Waals surface area contributed by atoms with Crippen LogP contribution in [-0.2, 0) is 11.8 Å². The van der Waals surface area contributed by atoms with Crippen LogP contribution in [0.15, 0.2) is 52.7 Å².